The SMILES string of the molecule is O=C(CSc1nnc(NCc2ccco2)s1)N1CCC(c2nc3ccccc3s2)CC1. The molecule has 1 aliphatic heterocycles. The topological polar surface area (TPSA) is 84.2 Å². The number of para-hydroxylation sites is 1. The van der Waals surface area contributed by atoms with Crippen LogP contribution < -0.4 is 5.32 Å². The number of hydrogen-bond acceptors (Lipinski definition) is 9. The summed E-state index contributed by atoms with van der Waals surface area (Å²) in [5.74, 6) is 1.83. The van der Waals surface area contributed by atoms with Crippen molar-refractivity contribution in [2.24, 2.45) is 0 Å². The molecule has 1 N–H and O–H groups in total. The molecule has 1 aromatic carbocycles. The number of thioether (sulfide) groups is 1. The van der Waals surface area contributed by atoms with E-state index in [1.807, 2.05) is 23.1 Å². The number of furan rings is 1. The Balaban J connectivity index is 1.08. The smallest absolute Gasteiger partial charge is 0.233 e. The first kappa shape index (κ1) is 20.5. The minimum absolute atomic E-state index is 0.160. The molecule has 3 aromatic heterocycles. The van der Waals surface area contributed by atoms with Crippen molar-refractivity contribution in [1.82, 2.24) is 20.1 Å². The molecule has 1 amide bonds. The van der Waals surface area contributed by atoms with E-state index in [1.165, 1.54) is 32.8 Å². The molecule has 1 aliphatic rings. The first-order valence-electron chi connectivity index (χ1n) is 10.1. The fourth-order valence-electron chi connectivity index (χ4n) is 3.57. The van der Waals surface area contributed by atoms with Crippen molar-refractivity contribution in [3.05, 3.63) is 53.4 Å². The van der Waals surface area contributed by atoms with Crippen LogP contribution >= 0.6 is 34.4 Å². The molecule has 5 rings (SSSR count). The zero-order valence-corrected chi connectivity index (χ0v) is 19.1. The number of fused-ring (bicyclic) bond motifs is 1. The minimum Gasteiger partial charge on any atom is -0.467 e. The summed E-state index contributed by atoms with van der Waals surface area (Å²) >= 11 is 4.68. The largest absolute Gasteiger partial charge is 0.467 e. The first-order valence-corrected chi connectivity index (χ1v) is 12.7. The molecular weight excluding hydrogens is 450 g/mol. The number of benzene rings is 1. The molecule has 0 unspecified atom stereocenters. The van der Waals surface area contributed by atoms with Gasteiger partial charge in [0.2, 0.25) is 11.0 Å². The Hall–Kier alpha value is -2.43. The molecule has 0 atom stereocenters. The van der Waals surface area contributed by atoms with Gasteiger partial charge in [-0.25, -0.2) is 4.98 Å². The fraction of sp³-hybridized carbons (Fsp3) is 0.333. The molecule has 1 saturated heterocycles. The summed E-state index contributed by atoms with van der Waals surface area (Å²) in [6, 6.07) is 12.0. The van der Waals surface area contributed by atoms with Crippen LogP contribution in [0.15, 0.2) is 51.4 Å². The van der Waals surface area contributed by atoms with Gasteiger partial charge in [0.1, 0.15) is 5.76 Å². The molecule has 4 aromatic rings. The molecule has 0 saturated carbocycles. The van der Waals surface area contributed by atoms with Crippen LogP contribution in [0, 0.1) is 0 Å². The van der Waals surface area contributed by atoms with Crippen LogP contribution in [-0.2, 0) is 11.3 Å². The van der Waals surface area contributed by atoms with Crippen molar-refractivity contribution in [2.45, 2.75) is 29.6 Å². The van der Waals surface area contributed by atoms with Crippen molar-refractivity contribution < 1.29 is 9.21 Å². The number of rotatable bonds is 7. The molecule has 10 heteroatoms. The number of carbonyl (C=O) groups excluding carboxylic acids is 1. The summed E-state index contributed by atoms with van der Waals surface area (Å²) in [7, 11) is 0. The van der Waals surface area contributed by atoms with E-state index >= 15 is 0 Å². The summed E-state index contributed by atoms with van der Waals surface area (Å²) in [5, 5.41) is 13.4. The first-order chi connectivity index (χ1) is 15.2. The van der Waals surface area contributed by atoms with Gasteiger partial charge < -0.3 is 14.6 Å². The van der Waals surface area contributed by atoms with Crippen molar-refractivity contribution in [1.29, 1.82) is 0 Å². The van der Waals surface area contributed by atoms with Gasteiger partial charge in [-0.3, -0.25) is 4.79 Å². The summed E-state index contributed by atoms with van der Waals surface area (Å²) < 4.78 is 7.32. The van der Waals surface area contributed by atoms with E-state index in [0.717, 1.165) is 46.7 Å². The number of thiazole rings is 1. The molecule has 1 fully saturated rings. The lowest BCUT2D eigenvalue weighted by Crippen LogP contribution is -2.38. The number of likely N-dealkylation sites (tertiary alicyclic amines) is 1. The highest BCUT2D eigenvalue weighted by molar-refractivity contribution is 8.01. The molecule has 31 heavy (non-hydrogen) atoms. The van der Waals surface area contributed by atoms with Crippen LogP contribution in [-0.4, -0.2) is 44.8 Å². The van der Waals surface area contributed by atoms with Crippen LogP contribution in [0.2, 0.25) is 0 Å². The summed E-state index contributed by atoms with van der Waals surface area (Å²) in [6.45, 7) is 2.13. The third kappa shape index (κ3) is 4.91. The highest BCUT2D eigenvalue weighted by Crippen LogP contribution is 2.34. The van der Waals surface area contributed by atoms with E-state index in [9.17, 15) is 4.79 Å². The normalized spacial score (nSPS) is 14.9. The van der Waals surface area contributed by atoms with Crippen molar-refractivity contribution in [3.8, 4) is 0 Å². The van der Waals surface area contributed by atoms with Crippen LogP contribution in [0.25, 0.3) is 10.2 Å². The lowest BCUT2D eigenvalue weighted by atomic mass is 9.97. The van der Waals surface area contributed by atoms with Gasteiger partial charge in [-0.1, -0.05) is 35.2 Å². The van der Waals surface area contributed by atoms with Gasteiger partial charge in [0.15, 0.2) is 4.34 Å². The van der Waals surface area contributed by atoms with Gasteiger partial charge in [0.25, 0.3) is 0 Å². The lowest BCUT2D eigenvalue weighted by molar-refractivity contribution is -0.129. The zero-order valence-electron chi connectivity index (χ0n) is 16.7. The molecular formula is C21H21N5O2S3. The molecule has 7 nitrogen and oxygen atoms in total. The Morgan fingerprint density at radius 1 is 1.16 bits per heavy atom. The van der Waals surface area contributed by atoms with E-state index in [4.69, 9.17) is 9.40 Å². The maximum Gasteiger partial charge on any atom is 0.233 e. The number of aromatic nitrogens is 3. The van der Waals surface area contributed by atoms with Crippen LogP contribution in [0.4, 0.5) is 5.13 Å². The van der Waals surface area contributed by atoms with Gasteiger partial charge in [0, 0.05) is 19.0 Å². The second kappa shape index (κ2) is 9.37. The van der Waals surface area contributed by atoms with E-state index in [1.54, 1.807) is 17.6 Å². The van der Waals surface area contributed by atoms with E-state index < -0.39 is 0 Å². The number of piperidine rings is 1. The monoisotopic (exact) mass is 471 g/mol. The summed E-state index contributed by atoms with van der Waals surface area (Å²) in [5.41, 5.74) is 1.08. The van der Waals surface area contributed by atoms with Crippen molar-refractivity contribution in [3.63, 3.8) is 0 Å². The molecule has 0 radical (unpaired) electrons. The van der Waals surface area contributed by atoms with Gasteiger partial charge in [-0.15, -0.1) is 21.5 Å². The van der Waals surface area contributed by atoms with Crippen molar-refractivity contribution >= 4 is 55.7 Å². The average molecular weight is 472 g/mol. The van der Waals surface area contributed by atoms with Crippen LogP contribution in [0.1, 0.15) is 29.5 Å². The highest BCUT2D eigenvalue weighted by atomic mass is 32.2. The number of nitrogens with one attached hydrogen (secondary N) is 1. The predicted octanol–water partition coefficient (Wildman–Crippen LogP) is 4.85. The van der Waals surface area contributed by atoms with Gasteiger partial charge >= 0.3 is 0 Å². The number of carbonyl (C=O) groups is 1. The fourth-order valence-corrected chi connectivity index (χ4v) is 6.36. The third-order valence-electron chi connectivity index (χ3n) is 5.23. The second-order valence-corrected chi connectivity index (χ2v) is 10.5. The summed E-state index contributed by atoms with van der Waals surface area (Å²) in [4.78, 5) is 19.4. The Morgan fingerprint density at radius 2 is 2.03 bits per heavy atom. The molecule has 160 valence electrons. The van der Waals surface area contributed by atoms with E-state index in [0.29, 0.717) is 18.2 Å². The minimum atomic E-state index is 0.160. The molecule has 0 aliphatic carbocycles. The highest BCUT2D eigenvalue weighted by Gasteiger charge is 2.26. The molecule has 4 heterocycles. The van der Waals surface area contributed by atoms with Gasteiger partial charge in [0.05, 0.1) is 33.8 Å². The summed E-state index contributed by atoms with van der Waals surface area (Å²) in [6.07, 6.45) is 3.58. The maximum atomic E-state index is 12.7. The number of nitrogens with zero attached hydrogens (tertiary/aromatic N) is 4. The average Bonchev–Trinajstić information content (AvgIpc) is 3.56. The number of hydrogen-bond donors (Lipinski definition) is 1. The second-order valence-electron chi connectivity index (χ2n) is 7.27. The predicted molar refractivity (Wildman–Crippen MR) is 125 cm³/mol. The number of amides is 1. The Labute approximate surface area is 191 Å². The maximum absolute atomic E-state index is 12.7. The van der Waals surface area contributed by atoms with E-state index in [-0.39, 0.29) is 5.91 Å². The Bertz CT molecular complexity index is 1120. The Kier molecular flexibility index (Phi) is 6.19. The van der Waals surface area contributed by atoms with E-state index in [2.05, 4.69) is 33.7 Å². The molecule has 0 spiro atoms. The number of anilines is 1. The van der Waals surface area contributed by atoms with Gasteiger partial charge in [-0.05, 0) is 37.1 Å². The lowest BCUT2D eigenvalue weighted by Gasteiger charge is -2.31. The van der Waals surface area contributed by atoms with Crippen LogP contribution in [0.5, 0.6) is 0 Å². The van der Waals surface area contributed by atoms with Gasteiger partial charge in [-0.2, -0.15) is 0 Å². The zero-order chi connectivity index (χ0) is 21.0. The standard InChI is InChI=1S/C21H21N5O2S3/c27-18(13-29-21-25-24-20(31-21)22-12-15-4-3-11-28-15)26-9-7-14(8-10-26)19-23-16-5-1-2-6-17(16)30-19/h1-6,11,14H,7-10,12-13H2,(H,22,24). The quantitative estimate of drug-likeness (QED) is 0.386. The van der Waals surface area contributed by atoms with Crippen molar-refractivity contribution in [2.75, 3.05) is 24.2 Å². The van der Waals surface area contributed by atoms with Crippen LogP contribution in [0.3, 0.4) is 0 Å². The third-order valence-corrected chi connectivity index (χ3v) is 8.42. The Morgan fingerprint density at radius 3 is 2.84 bits per heavy atom. The molecule has 0 bridgehead atoms.